The smallest absolute Gasteiger partial charge is 0.159 e. The van der Waals surface area contributed by atoms with Gasteiger partial charge in [0.2, 0.25) is 0 Å². The van der Waals surface area contributed by atoms with E-state index in [1.807, 2.05) is 24.5 Å². The predicted octanol–water partition coefficient (Wildman–Crippen LogP) is 8.02. The van der Waals surface area contributed by atoms with Gasteiger partial charge in [-0.3, -0.25) is 4.79 Å². The number of aromatic amines is 2. The van der Waals surface area contributed by atoms with Crippen molar-refractivity contribution in [1.82, 2.24) is 9.97 Å². The first-order valence-electron chi connectivity index (χ1n) is 14.0. The third-order valence-electron chi connectivity index (χ3n) is 8.83. The quantitative estimate of drug-likeness (QED) is 0.231. The number of hydrogen-bond donors (Lipinski definition) is 2. The van der Waals surface area contributed by atoms with Crippen LogP contribution in [0.3, 0.4) is 0 Å². The Morgan fingerprint density at radius 2 is 0.950 bits per heavy atom. The molecule has 2 aliphatic rings. The van der Waals surface area contributed by atoms with Crippen LogP contribution in [-0.2, 0) is 17.6 Å². The third kappa shape index (κ3) is 3.48. The molecule has 6 aromatic rings. The van der Waals surface area contributed by atoms with E-state index >= 15 is 4.79 Å². The summed E-state index contributed by atoms with van der Waals surface area (Å²) in [6, 6.07) is 38.3. The Bertz CT molecular complexity index is 1740. The van der Waals surface area contributed by atoms with Crippen molar-refractivity contribution in [3.63, 3.8) is 0 Å². The highest BCUT2D eigenvalue weighted by atomic mass is 16.1. The number of benzene rings is 4. The molecule has 192 valence electrons. The van der Waals surface area contributed by atoms with Gasteiger partial charge in [-0.05, 0) is 92.7 Å². The topological polar surface area (TPSA) is 48.6 Å². The first-order chi connectivity index (χ1) is 19.8. The van der Waals surface area contributed by atoms with Crippen molar-refractivity contribution in [3.05, 3.63) is 166 Å². The summed E-state index contributed by atoms with van der Waals surface area (Å²) in [6.07, 6.45) is 5.53. The lowest BCUT2D eigenvalue weighted by molar-refractivity contribution is -0.120. The molecule has 3 nitrogen and oxygen atoms in total. The molecule has 0 radical (unpaired) electrons. The molecule has 40 heavy (non-hydrogen) atoms. The number of carbonyl (C=O) groups is 1. The van der Waals surface area contributed by atoms with Crippen LogP contribution in [0.4, 0.5) is 0 Å². The van der Waals surface area contributed by atoms with Gasteiger partial charge in [0.25, 0.3) is 0 Å². The van der Waals surface area contributed by atoms with Crippen molar-refractivity contribution in [2.24, 2.45) is 0 Å². The van der Waals surface area contributed by atoms with Crippen molar-refractivity contribution < 1.29 is 4.79 Å². The van der Waals surface area contributed by atoms with Crippen LogP contribution in [0, 0.1) is 0 Å². The summed E-state index contributed by atoms with van der Waals surface area (Å²) in [7, 11) is 0. The zero-order valence-electron chi connectivity index (χ0n) is 22.0. The lowest BCUT2D eigenvalue weighted by Crippen LogP contribution is -2.25. The number of fused-ring (bicyclic) bond motifs is 6. The van der Waals surface area contributed by atoms with E-state index in [1.165, 1.54) is 44.5 Å². The maximum absolute atomic E-state index is 15.1. The monoisotopic (exact) mass is 516 g/mol. The molecule has 0 saturated heterocycles. The Hall–Kier alpha value is -4.89. The summed E-state index contributed by atoms with van der Waals surface area (Å²) in [5.74, 6) is -0.669. The van der Waals surface area contributed by atoms with Gasteiger partial charge >= 0.3 is 0 Å². The molecule has 2 N–H and O–H groups in total. The number of aromatic nitrogens is 2. The van der Waals surface area contributed by atoms with E-state index in [4.69, 9.17) is 0 Å². The fourth-order valence-corrected chi connectivity index (χ4v) is 7.07. The van der Waals surface area contributed by atoms with E-state index < -0.39 is 11.8 Å². The second-order valence-corrected chi connectivity index (χ2v) is 10.9. The molecule has 0 spiro atoms. The highest BCUT2D eigenvalue weighted by Gasteiger charge is 2.37. The Labute approximate surface area is 233 Å². The van der Waals surface area contributed by atoms with E-state index in [0.29, 0.717) is 0 Å². The second-order valence-electron chi connectivity index (χ2n) is 10.9. The van der Waals surface area contributed by atoms with Crippen LogP contribution in [-0.4, -0.2) is 15.8 Å². The lowest BCUT2D eigenvalue weighted by Gasteiger charge is -2.26. The number of nitrogens with one attached hydrogen (secondary N) is 2. The second kappa shape index (κ2) is 9.10. The van der Waals surface area contributed by atoms with E-state index in [2.05, 4.69) is 107 Å². The van der Waals surface area contributed by atoms with Crippen LogP contribution in [0.25, 0.3) is 22.3 Å². The predicted molar refractivity (Wildman–Crippen MR) is 160 cm³/mol. The summed E-state index contributed by atoms with van der Waals surface area (Å²) in [6.45, 7) is 0. The highest BCUT2D eigenvalue weighted by Crippen LogP contribution is 2.46. The van der Waals surface area contributed by atoms with E-state index in [1.54, 1.807) is 0 Å². The van der Waals surface area contributed by atoms with Gasteiger partial charge in [0, 0.05) is 23.8 Å². The fourth-order valence-electron chi connectivity index (χ4n) is 7.07. The average Bonchev–Trinajstić information content (AvgIpc) is 3.80. The molecule has 2 atom stereocenters. The maximum atomic E-state index is 15.1. The van der Waals surface area contributed by atoms with Gasteiger partial charge in [-0.2, -0.15) is 0 Å². The number of rotatable bonds is 6. The van der Waals surface area contributed by atoms with Gasteiger partial charge in [0.05, 0.1) is 11.8 Å². The van der Waals surface area contributed by atoms with Gasteiger partial charge in [0.15, 0.2) is 5.78 Å². The van der Waals surface area contributed by atoms with Crippen LogP contribution < -0.4 is 0 Å². The van der Waals surface area contributed by atoms with E-state index in [9.17, 15) is 0 Å². The molecule has 2 unspecified atom stereocenters. The van der Waals surface area contributed by atoms with Crippen LogP contribution in [0.15, 0.2) is 122 Å². The molecule has 2 aromatic heterocycles. The van der Waals surface area contributed by atoms with Crippen molar-refractivity contribution in [2.75, 3.05) is 0 Å². The molecule has 0 fully saturated rings. The van der Waals surface area contributed by atoms with Gasteiger partial charge < -0.3 is 9.97 Å². The lowest BCUT2D eigenvalue weighted by atomic mass is 9.77. The third-order valence-corrected chi connectivity index (χ3v) is 8.83. The minimum Gasteiger partial charge on any atom is -0.364 e. The van der Waals surface area contributed by atoms with E-state index in [-0.39, 0.29) is 5.78 Å². The Morgan fingerprint density at radius 3 is 1.40 bits per heavy atom. The first-order valence-corrected chi connectivity index (χ1v) is 14.0. The molecular weight excluding hydrogens is 488 g/mol. The van der Waals surface area contributed by atoms with Crippen LogP contribution >= 0.6 is 0 Å². The number of H-pyrrole nitrogens is 2. The molecule has 2 heterocycles. The average molecular weight is 517 g/mol. The summed E-state index contributed by atoms with van der Waals surface area (Å²) in [5, 5.41) is 0. The molecule has 0 aliphatic heterocycles. The number of carbonyl (C=O) groups excluding carboxylic acids is 1. The van der Waals surface area contributed by atoms with Crippen molar-refractivity contribution in [2.45, 2.75) is 24.7 Å². The minimum atomic E-state index is -0.424. The van der Waals surface area contributed by atoms with Gasteiger partial charge in [-0.25, -0.2) is 0 Å². The van der Waals surface area contributed by atoms with Gasteiger partial charge in [-0.1, -0.05) is 84.9 Å². The largest absolute Gasteiger partial charge is 0.364 e. The fraction of sp³-hybridized carbons (Fsp3) is 0.108. The molecule has 0 bridgehead atoms. The number of Topliss-reactive ketones (excluding diaryl/α,β-unsaturated/α-hetero) is 1. The molecule has 3 heteroatoms. The van der Waals surface area contributed by atoms with Crippen LogP contribution in [0.5, 0.6) is 0 Å². The van der Waals surface area contributed by atoms with Crippen LogP contribution in [0.1, 0.15) is 56.6 Å². The summed E-state index contributed by atoms with van der Waals surface area (Å²) in [4.78, 5) is 22.0. The number of ketones is 1. The Morgan fingerprint density at radius 1 is 0.500 bits per heavy atom. The zero-order chi connectivity index (χ0) is 26.6. The molecular formula is C37H28N2O. The van der Waals surface area contributed by atoms with E-state index in [0.717, 1.165) is 35.4 Å². The standard InChI is InChI=1S/C37H28N2O/c40-37(35(33-17-7-19-38-33)29-15-5-13-27-25-11-3-1-9-23(25)21-31(27)29)36(34-18-8-20-39-34)30-16-6-14-28-26-12-4-2-10-24(26)22-32(28)30/h1-20,35-36,38-39H,21-22H2. The highest BCUT2D eigenvalue weighted by molar-refractivity contribution is 5.98. The normalized spacial score (nSPS) is 14.2. The molecule has 0 amide bonds. The van der Waals surface area contributed by atoms with Gasteiger partial charge in [-0.15, -0.1) is 0 Å². The SMILES string of the molecule is O=C(C(c1ccc[nH]1)c1cccc2c1Cc1ccccc1-2)C(c1ccc[nH]1)c1cccc2c1Cc1ccccc1-2. The molecule has 4 aromatic carbocycles. The van der Waals surface area contributed by atoms with Crippen molar-refractivity contribution in [3.8, 4) is 22.3 Å². The minimum absolute atomic E-state index is 0.179. The summed E-state index contributed by atoms with van der Waals surface area (Å²) in [5.41, 5.74) is 14.2. The first kappa shape index (κ1) is 23.0. The molecule has 8 rings (SSSR count). The number of hydrogen-bond acceptors (Lipinski definition) is 1. The van der Waals surface area contributed by atoms with Crippen molar-refractivity contribution in [1.29, 1.82) is 0 Å². The van der Waals surface area contributed by atoms with Gasteiger partial charge in [0.1, 0.15) is 0 Å². The zero-order valence-corrected chi connectivity index (χ0v) is 22.0. The Balaban J connectivity index is 1.31. The van der Waals surface area contributed by atoms with Crippen molar-refractivity contribution >= 4 is 5.78 Å². The summed E-state index contributed by atoms with van der Waals surface area (Å²) < 4.78 is 0. The molecule has 2 aliphatic carbocycles. The maximum Gasteiger partial charge on any atom is 0.159 e. The molecule has 0 saturated carbocycles. The summed E-state index contributed by atoms with van der Waals surface area (Å²) >= 11 is 0. The van der Waals surface area contributed by atoms with Crippen LogP contribution in [0.2, 0.25) is 0 Å². The Kier molecular flexibility index (Phi) is 5.24.